The number of fused-ring (bicyclic) bond motifs is 2. The molecule has 3 aromatic rings. The van der Waals surface area contributed by atoms with Crippen molar-refractivity contribution in [3.05, 3.63) is 102 Å². The lowest BCUT2D eigenvalue weighted by molar-refractivity contribution is 0.223. The maximum absolute atomic E-state index is 2.75. The van der Waals surface area contributed by atoms with Crippen LogP contribution >= 0.6 is 8.07 Å². The zero-order valence-corrected chi connectivity index (χ0v) is 15.0. The summed E-state index contributed by atoms with van der Waals surface area (Å²) in [7, 11) is -0.397. The summed E-state index contributed by atoms with van der Waals surface area (Å²) in [5.41, 5.74) is 2.86. The predicted molar refractivity (Wildman–Crippen MR) is 105 cm³/mol. The van der Waals surface area contributed by atoms with Crippen LogP contribution in [0.1, 0.15) is 23.1 Å². The smallest absolute Gasteiger partial charge is 0.0931 e. The highest BCUT2D eigenvalue weighted by Gasteiger charge is 2.52. The lowest BCUT2D eigenvalue weighted by atomic mass is 10.1. The first-order valence-electron chi connectivity index (χ1n) is 8.90. The molecule has 5 atom stereocenters. The fourth-order valence-corrected chi connectivity index (χ4v) is 7.33. The molecule has 0 spiro atoms. The van der Waals surface area contributed by atoms with Gasteiger partial charge in [-0.2, -0.15) is 0 Å². The number of hydrogen-bond donors (Lipinski definition) is 0. The Morgan fingerprint density at radius 2 is 1.20 bits per heavy atom. The molecule has 2 fully saturated rings. The summed E-state index contributed by atoms with van der Waals surface area (Å²) in [4.78, 5) is 2.71. The van der Waals surface area contributed by atoms with Gasteiger partial charge in [0.25, 0.3) is 0 Å². The van der Waals surface area contributed by atoms with E-state index in [0.717, 1.165) is 13.1 Å². The van der Waals surface area contributed by atoms with Crippen LogP contribution in [0, 0.1) is 0 Å². The van der Waals surface area contributed by atoms with Crippen LogP contribution in [0.4, 0.5) is 0 Å². The van der Waals surface area contributed by atoms with Gasteiger partial charge in [-0.1, -0.05) is 91.0 Å². The average Bonchev–Trinajstić information content (AvgIpc) is 3.26. The second-order valence-corrected chi connectivity index (χ2v) is 8.86. The molecule has 2 aliphatic heterocycles. The van der Waals surface area contributed by atoms with E-state index in [2.05, 4.69) is 101 Å². The van der Waals surface area contributed by atoms with Gasteiger partial charge >= 0.3 is 0 Å². The summed E-state index contributed by atoms with van der Waals surface area (Å²) in [5, 5.41) is 1.48. The Kier molecular flexibility index (Phi) is 3.90. The second-order valence-electron chi connectivity index (χ2n) is 6.65. The Hall–Kier alpha value is -1.99. The van der Waals surface area contributed by atoms with Crippen molar-refractivity contribution < 1.29 is 0 Å². The molecule has 2 nitrogen and oxygen atoms in total. The number of benzene rings is 3. The summed E-state index contributed by atoms with van der Waals surface area (Å²) in [6.45, 7) is 2.30. The first-order valence-corrected chi connectivity index (χ1v) is 10.3. The van der Waals surface area contributed by atoms with E-state index in [1.807, 2.05) is 0 Å². The molecule has 0 aromatic heterocycles. The van der Waals surface area contributed by atoms with E-state index in [1.165, 1.54) is 16.4 Å². The van der Waals surface area contributed by atoms with Crippen LogP contribution in [0.5, 0.6) is 0 Å². The number of hydrogen-bond acceptors (Lipinski definition) is 2. The fourth-order valence-electron chi connectivity index (χ4n) is 4.21. The molecule has 0 aliphatic carbocycles. The summed E-state index contributed by atoms with van der Waals surface area (Å²) in [5.74, 6) is 0.470. The molecule has 0 radical (unpaired) electrons. The molecular weight excluding hydrogens is 323 g/mol. The molecule has 2 bridgehead atoms. The zero-order valence-electron chi connectivity index (χ0n) is 14.1. The van der Waals surface area contributed by atoms with Gasteiger partial charge in [-0.3, -0.25) is 9.57 Å². The van der Waals surface area contributed by atoms with Crippen molar-refractivity contribution in [2.45, 2.75) is 11.9 Å². The zero-order chi connectivity index (χ0) is 16.6. The molecule has 2 saturated heterocycles. The van der Waals surface area contributed by atoms with Crippen LogP contribution in [-0.2, 0) is 0 Å². The highest BCUT2D eigenvalue weighted by molar-refractivity contribution is 7.64. The molecule has 2 heterocycles. The van der Waals surface area contributed by atoms with Crippen molar-refractivity contribution in [2.75, 3.05) is 13.1 Å². The van der Waals surface area contributed by atoms with Gasteiger partial charge in [-0.15, -0.1) is 0 Å². The topological polar surface area (TPSA) is 6.48 Å². The summed E-state index contributed by atoms with van der Waals surface area (Å²) >= 11 is 0. The average molecular weight is 344 g/mol. The van der Waals surface area contributed by atoms with Crippen molar-refractivity contribution in [3.8, 4) is 0 Å². The highest BCUT2D eigenvalue weighted by Crippen LogP contribution is 2.68. The molecule has 5 rings (SSSR count). The Balaban J connectivity index is 1.63. The molecule has 25 heavy (non-hydrogen) atoms. The number of nitrogens with zero attached hydrogens (tertiary/aromatic N) is 2. The molecule has 0 saturated carbocycles. The third-order valence-corrected chi connectivity index (χ3v) is 8.08. The van der Waals surface area contributed by atoms with Crippen molar-refractivity contribution >= 4 is 13.4 Å². The van der Waals surface area contributed by atoms with Gasteiger partial charge in [0.1, 0.15) is 0 Å². The molecular formula is C22H21N2P. The van der Waals surface area contributed by atoms with E-state index in [-0.39, 0.29) is 0 Å². The van der Waals surface area contributed by atoms with E-state index < -0.39 is 8.07 Å². The van der Waals surface area contributed by atoms with E-state index in [4.69, 9.17) is 0 Å². The van der Waals surface area contributed by atoms with E-state index in [0.29, 0.717) is 11.9 Å². The van der Waals surface area contributed by atoms with Crippen molar-refractivity contribution in [3.63, 3.8) is 0 Å². The quantitative estimate of drug-likeness (QED) is 0.633. The molecule has 5 unspecified atom stereocenters. The molecule has 3 heteroatoms. The monoisotopic (exact) mass is 344 g/mol. The summed E-state index contributed by atoms with van der Waals surface area (Å²) in [6, 6.07) is 33.2. The van der Waals surface area contributed by atoms with Gasteiger partial charge in [-0.25, -0.2) is 0 Å². The fraction of sp³-hybridized carbons (Fsp3) is 0.182. The normalized spacial score (nSPS) is 30.5. The maximum atomic E-state index is 2.75. The Labute approximate surface area is 150 Å². The Morgan fingerprint density at radius 3 is 1.84 bits per heavy atom. The van der Waals surface area contributed by atoms with Crippen LogP contribution in [0.3, 0.4) is 0 Å². The van der Waals surface area contributed by atoms with Crippen LogP contribution in [0.25, 0.3) is 0 Å². The lowest BCUT2D eigenvalue weighted by Crippen LogP contribution is -2.27. The standard InChI is InChI=1S/C22H21N2P/c1-4-10-18(11-5-1)21-23-16-17-24(21)25(20-14-8-3-9-15-20)22(23)19-12-6-2-7-13-19/h1-15,21-22H,16-17H2. The van der Waals surface area contributed by atoms with Gasteiger partial charge in [0.2, 0.25) is 0 Å². The first kappa shape index (κ1) is 15.3. The molecule has 3 aromatic carbocycles. The minimum Gasteiger partial charge on any atom is -0.270 e. The minimum atomic E-state index is -0.397. The van der Waals surface area contributed by atoms with Gasteiger partial charge in [-0.05, 0) is 16.4 Å². The van der Waals surface area contributed by atoms with E-state index in [9.17, 15) is 0 Å². The maximum Gasteiger partial charge on any atom is 0.0931 e. The van der Waals surface area contributed by atoms with E-state index >= 15 is 0 Å². The molecule has 0 amide bonds. The van der Waals surface area contributed by atoms with Gasteiger partial charge in [0.05, 0.1) is 11.9 Å². The second kappa shape index (κ2) is 6.38. The first-order chi connectivity index (χ1) is 12.4. The Bertz CT molecular complexity index is 784. The molecule has 0 N–H and O–H groups in total. The van der Waals surface area contributed by atoms with Crippen LogP contribution in [-0.4, -0.2) is 22.7 Å². The van der Waals surface area contributed by atoms with Gasteiger partial charge in [0.15, 0.2) is 0 Å². The van der Waals surface area contributed by atoms with Crippen molar-refractivity contribution in [1.82, 2.24) is 9.57 Å². The summed E-state index contributed by atoms with van der Waals surface area (Å²) < 4.78 is 2.75. The predicted octanol–water partition coefficient (Wildman–Crippen LogP) is 4.74. The van der Waals surface area contributed by atoms with E-state index in [1.54, 1.807) is 0 Å². The van der Waals surface area contributed by atoms with Crippen LogP contribution in [0.15, 0.2) is 91.0 Å². The molecule has 2 aliphatic rings. The van der Waals surface area contributed by atoms with Crippen molar-refractivity contribution in [1.29, 1.82) is 0 Å². The SMILES string of the molecule is c1ccc(C2N3CCN2P(c2ccccc2)C3c2ccccc2)cc1. The number of rotatable bonds is 3. The highest BCUT2D eigenvalue weighted by atomic mass is 31.1. The van der Waals surface area contributed by atoms with Crippen LogP contribution in [0.2, 0.25) is 0 Å². The minimum absolute atomic E-state index is 0.397. The molecule has 124 valence electrons. The third-order valence-electron chi connectivity index (χ3n) is 5.22. The van der Waals surface area contributed by atoms with Crippen molar-refractivity contribution in [2.24, 2.45) is 0 Å². The third kappa shape index (κ3) is 2.53. The lowest BCUT2D eigenvalue weighted by Gasteiger charge is -2.33. The Morgan fingerprint density at radius 1 is 0.640 bits per heavy atom. The van der Waals surface area contributed by atoms with Crippen LogP contribution < -0.4 is 5.30 Å². The largest absolute Gasteiger partial charge is 0.270 e. The van der Waals surface area contributed by atoms with Gasteiger partial charge < -0.3 is 0 Å². The summed E-state index contributed by atoms with van der Waals surface area (Å²) in [6.07, 6.45) is 0.401. The van der Waals surface area contributed by atoms with Gasteiger partial charge in [0, 0.05) is 21.2 Å².